The van der Waals surface area contributed by atoms with Gasteiger partial charge < -0.3 is 15.4 Å². The fourth-order valence-electron chi connectivity index (χ4n) is 2.30. The fraction of sp³-hybridized carbons (Fsp3) is 0.167. The lowest BCUT2D eigenvalue weighted by Crippen LogP contribution is -2.30. The van der Waals surface area contributed by atoms with Crippen LogP contribution in [-0.4, -0.2) is 34.9 Å². The van der Waals surface area contributed by atoms with Gasteiger partial charge in [-0.2, -0.15) is 5.10 Å². The van der Waals surface area contributed by atoms with Crippen LogP contribution in [-0.2, 0) is 6.42 Å². The number of aromatic amines is 1. The van der Waals surface area contributed by atoms with Gasteiger partial charge in [0.05, 0.1) is 12.8 Å². The van der Waals surface area contributed by atoms with E-state index in [0.717, 1.165) is 15.8 Å². The summed E-state index contributed by atoms with van der Waals surface area (Å²) in [5, 5.41) is 12.7. The highest BCUT2D eigenvalue weighted by Crippen LogP contribution is 2.21. The summed E-state index contributed by atoms with van der Waals surface area (Å²) in [7, 11) is 1.62. The highest BCUT2D eigenvalue weighted by atomic mass is 79.9. The first-order valence-electron chi connectivity index (χ1n) is 8.01. The average Bonchev–Trinajstić information content (AvgIpc) is 3.12. The molecule has 8 heteroatoms. The van der Waals surface area contributed by atoms with Gasteiger partial charge in [0.2, 0.25) is 0 Å². The van der Waals surface area contributed by atoms with Crippen molar-refractivity contribution < 1.29 is 9.53 Å². The van der Waals surface area contributed by atoms with Crippen molar-refractivity contribution in [1.29, 1.82) is 0 Å². The van der Waals surface area contributed by atoms with Gasteiger partial charge >= 0.3 is 6.03 Å². The van der Waals surface area contributed by atoms with E-state index in [4.69, 9.17) is 4.74 Å². The summed E-state index contributed by atoms with van der Waals surface area (Å²) in [6.45, 7) is 0.438. The van der Waals surface area contributed by atoms with Gasteiger partial charge in [-0.25, -0.2) is 9.78 Å². The molecule has 0 radical (unpaired) electrons. The zero-order chi connectivity index (χ0) is 18.4. The number of aromatic nitrogens is 3. The Bertz CT molecular complexity index is 879. The number of hydrogen-bond acceptors (Lipinski definition) is 4. The van der Waals surface area contributed by atoms with Crippen LogP contribution in [0.2, 0.25) is 0 Å². The molecule has 0 saturated heterocycles. The number of anilines is 1. The third-order valence-corrected chi connectivity index (χ3v) is 4.34. The molecule has 1 heterocycles. The van der Waals surface area contributed by atoms with E-state index >= 15 is 0 Å². The summed E-state index contributed by atoms with van der Waals surface area (Å²) >= 11 is 3.39. The molecule has 0 saturated carbocycles. The van der Waals surface area contributed by atoms with Crippen LogP contribution in [0.25, 0.3) is 11.4 Å². The second kappa shape index (κ2) is 8.48. The lowest BCUT2D eigenvalue weighted by molar-refractivity contribution is 0.252. The van der Waals surface area contributed by atoms with Gasteiger partial charge in [0.25, 0.3) is 0 Å². The summed E-state index contributed by atoms with van der Waals surface area (Å²) < 4.78 is 5.97. The van der Waals surface area contributed by atoms with Gasteiger partial charge in [0.15, 0.2) is 5.82 Å². The summed E-state index contributed by atoms with van der Waals surface area (Å²) in [4.78, 5) is 16.4. The number of ether oxygens (including phenoxy) is 1. The first-order valence-corrected chi connectivity index (χ1v) is 8.80. The molecule has 3 rings (SSSR count). The molecule has 0 aliphatic heterocycles. The Balaban J connectivity index is 1.50. The Hall–Kier alpha value is -2.87. The molecule has 0 unspecified atom stereocenters. The van der Waals surface area contributed by atoms with Crippen molar-refractivity contribution in [1.82, 2.24) is 20.5 Å². The van der Waals surface area contributed by atoms with Crippen molar-refractivity contribution in [3.05, 3.63) is 58.8 Å². The lowest BCUT2D eigenvalue weighted by atomic mass is 10.2. The normalized spacial score (nSPS) is 10.4. The zero-order valence-electron chi connectivity index (χ0n) is 14.1. The van der Waals surface area contributed by atoms with Gasteiger partial charge in [0.1, 0.15) is 11.6 Å². The summed E-state index contributed by atoms with van der Waals surface area (Å²) in [6.07, 6.45) is 0.548. The minimum absolute atomic E-state index is 0.271. The maximum Gasteiger partial charge on any atom is 0.319 e. The molecule has 0 aliphatic carbocycles. The second-order valence-electron chi connectivity index (χ2n) is 5.44. The SMILES string of the molecule is COc1ccc(-c2n[nH]c(CCNC(=O)Nc3ccccc3Br)n2)cc1. The van der Waals surface area contributed by atoms with Gasteiger partial charge in [-0.15, -0.1) is 0 Å². The minimum atomic E-state index is -0.271. The van der Waals surface area contributed by atoms with Crippen LogP contribution in [0.5, 0.6) is 5.75 Å². The lowest BCUT2D eigenvalue weighted by Gasteiger charge is -2.08. The van der Waals surface area contributed by atoms with Crippen LogP contribution in [0, 0.1) is 0 Å². The minimum Gasteiger partial charge on any atom is -0.497 e. The highest BCUT2D eigenvalue weighted by Gasteiger charge is 2.08. The summed E-state index contributed by atoms with van der Waals surface area (Å²) in [5.74, 6) is 2.10. The van der Waals surface area contributed by atoms with Crippen LogP contribution >= 0.6 is 15.9 Å². The zero-order valence-corrected chi connectivity index (χ0v) is 15.7. The number of methoxy groups -OCH3 is 1. The van der Waals surface area contributed by atoms with Crippen molar-refractivity contribution >= 4 is 27.6 Å². The van der Waals surface area contributed by atoms with Crippen molar-refractivity contribution in [3.63, 3.8) is 0 Å². The van der Waals surface area contributed by atoms with Crippen molar-refractivity contribution in [2.75, 3.05) is 19.0 Å². The number of nitrogens with one attached hydrogen (secondary N) is 3. The maximum atomic E-state index is 11.9. The molecule has 0 fully saturated rings. The number of para-hydroxylation sites is 1. The molecule has 0 aliphatic rings. The quantitative estimate of drug-likeness (QED) is 0.573. The highest BCUT2D eigenvalue weighted by molar-refractivity contribution is 9.10. The predicted octanol–water partition coefficient (Wildman–Crippen LogP) is 3.61. The molecule has 7 nitrogen and oxygen atoms in total. The molecular weight excluding hydrogens is 398 g/mol. The van der Waals surface area contributed by atoms with E-state index in [1.165, 1.54) is 0 Å². The van der Waals surface area contributed by atoms with Crippen molar-refractivity contribution in [2.45, 2.75) is 6.42 Å². The third-order valence-electron chi connectivity index (χ3n) is 3.65. The fourth-order valence-corrected chi connectivity index (χ4v) is 2.68. The van der Waals surface area contributed by atoms with E-state index in [0.29, 0.717) is 30.3 Å². The molecule has 2 aromatic carbocycles. The largest absolute Gasteiger partial charge is 0.497 e. The topological polar surface area (TPSA) is 91.9 Å². The van der Waals surface area contributed by atoms with Crippen LogP contribution in [0.3, 0.4) is 0 Å². The molecule has 3 N–H and O–H groups in total. The third kappa shape index (κ3) is 4.60. The maximum absolute atomic E-state index is 11.9. The number of H-pyrrole nitrogens is 1. The van der Waals surface area contributed by atoms with Crippen LogP contribution in [0.15, 0.2) is 53.0 Å². The summed E-state index contributed by atoms with van der Waals surface area (Å²) in [6, 6.07) is 14.7. The standard InChI is InChI=1S/C18H18BrN5O2/c1-26-13-8-6-12(7-9-13)17-22-16(23-24-17)10-11-20-18(25)21-15-5-3-2-4-14(15)19/h2-9H,10-11H2,1H3,(H2,20,21,25)(H,22,23,24). The van der Waals surface area contributed by atoms with E-state index in [1.54, 1.807) is 7.11 Å². The van der Waals surface area contributed by atoms with Crippen LogP contribution < -0.4 is 15.4 Å². The van der Waals surface area contributed by atoms with E-state index in [1.807, 2.05) is 48.5 Å². The van der Waals surface area contributed by atoms with Crippen molar-refractivity contribution in [2.24, 2.45) is 0 Å². The Kier molecular flexibility index (Phi) is 5.85. The van der Waals surface area contributed by atoms with Crippen LogP contribution in [0.1, 0.15) is 5.82 Å². The smallest absolute Gasteiger partial charge is 0.319 e. The Labute approximate surface area is 159 Å². The molecule has 0 spiro atoms. The molecule has 3 aromatic rings. The number of hydrogen-bond donors (Lipinski definition) is 3. The van der Waals surface area contributed by atoms with E-state index < -0.39 is 0 Å². The monoisotopic (exact) mass is 415 g/mol. The Morgan fingerprint density at radius 1 is 1.19 bits per heavy atom. The van der Waals surface area contributed by atoms with Gasteiger partial charge in [-0.05, 0) is 52.3 Å². The van der Waals surface area contributed by atoms with E-state index in [9.17, 15) is 4.79 Å². The first-order chi connectivity index (χ1) is 12.7. The number of carbonyl (C=O) groups excluding carboxylic acids is 1. The molecule has 134 valence electrons. The Morgan fingerprint density at radius 2 is 1.96 bits per heavy atom. The average molecular weight is 416 g/mol. The first kappa shape index (κ1) is 17.9. The number of halogens is 1. The number of urea groups is 1. The predicted molar refractivity (Wildman–Crippen MR) is 103 cm³/mol. The Morgan fingerprint density at radius 3 is 2.69 bits per heavy atom. The number of carbonyl (C=O) groups is 1. The van der Waals surface area contributed by atoms with Gasteiger partial charge in [-0.3, -0.25) is 5.10 Å². The van der Waals surface area contributed by atoms with E-state index in [2.05, 4.69) is 41.7 Å². The number of rotatable bonds is 6. The van der Waals surface area contributed by atoms with E-state index in [-0.39, 0.29) is 6.03 Å². The molecular formula is C18H18BrN5O2. The van der Waals surface area contributed by atoms with Crippen LogP contribution in [0.4, 0.5) is 10.5 Å². The molecule has 2 amide bonds. The second-order valence-corrected chi connectivity index (χ2v) is 6.30. The molecule has 26 heavy (non-hydrogen) atoms. The number of nitrogens with zero attached hydrogens (tertiary/aromatic N) is 2. The number of amides is 2. The van der Waals surface area contributed by atoms with Gasteiger partial charge in [-0.1, -0.05) is 12.1 Å². The summed E-state index contributed by atoms with van der Waals surface area (Å²) in [5.41, 5.74) is 1.61. The van der Waals surface area contributed by atoms with Crippen molar-refractivity contribution in [3.8, 4) is 17.1 Å². The molecule has 1 aromatic heterocycles. The number of benzene rings is 2. The molecule has 0 atom stereocenters. The van der Waals surface area contributed by atoms with Gasteiger partial charge in [0, 0.05) is 23.0 Å². The molecule has 0 bridgehead atoms.